The third-order valence-electron chi connectivity index (χ3n) is 5.42. The van der Waals surface area contributed by atoms with Gasteiger partial charge in [-0.1, -0.05) is 12.1 Å². The summed E-state index contributed by atoms with van der Waals surface area (Å²) in [6.45, 7) is 8.54. The summed E-state index contributed by atoms with van der Waals surface area (Å²) in [5, 5.41) is 3.01. The number of carbonyl (C=O) groups excluding carboxylic acids is 2. The largest absolute Gasteiger partial charge is 0.378 e. The predicted molar refractivity (Wildman–Crippen MR) is 101 cm³/mol. The van der Waals surface area contributed by atoms with Gasteiger partial charge in [0.1, 0.15) is 0 Å². The van der Waals surface area contributed by atoms with Crippen molar-refractivity contribution < 1.29 is 14.3 Å². The maximum Gasteiger partial charge on any atom is 0.238 e. The van der Waals surface area contributed by atoms with Crippen LogP contribution in [0.2, 0.25) is 0 Å². The average molecular weight is 359 g/mol. The maximum absolute atomic E-state index is 12.7. The summed E-state index contributed by atoms with van der Waals surface area (Å²) in [5.41, 5.74) is 3.13. The monoisotopic (exact) mass is 359 g/mol. The zero-order valence-electron chi connectivity index (χ0n) is 15.8. The van der Waals surface area contributed by atoms with Crippen LogP contribution in [0.4, 0.5) is 5.69 Å². The topological polar surface area (TPSA) is 61.9 Å². The molecular weight excluding hydrogens is 330 g/mol. The van der Waals surface area contributed by atoms with Gasteiger partial charge in [-0.25, -0.2) is 0 Å². The van der Waals surface area contributed by atoms with Crippen molar-refractivity contribution in [3.8, 4) is 0 Å². The van der Waals surface area contributed by atoms with Crippen molar-refractivity contribution in [3.05, 3.63) is 29.3 Å². The molecule has 26 heavy (non-hydrogen) atoms. The van der Waals surface area contributed by atoms with Gasteiger partial charge in [0, 0.05) is 25.3 Å². The van der Waals surface area contributed by atoms with E-state index in [1.165, 1.54) is 0 Å². The highest BCUT2D eigenvalue weighted by Crippen LogP contribution is 2.21. The first-order valence-electron chi connectivity index (χ1n) is 9.49. The summed E-state index contributed by atoms with van der Waals surface area (Å²) in [4.78, 5) is 29.2. The number of ether oxygens (including phenoxy) is 1. The summed E-state index contributed by atoms with van der Waals surface area (Å²) in [6.07, 6.45) is 1.86. The van der Waals surface area contributed by atoms with Gasteiger partial charge < -0.3 is 15.0 Å². The number of hydrogen-bond donors (Lipinski definition) is 1. The molecule has 0 aliphatic carbocycles. The van der Waals surface area contributed by atoms with Gasteiger partial charge in [0.25, 0.3) is 0 Å². The number of nitrogens with zero attached hydrogens (tertiary/aromatic N) is 2. The number of hydrogen-bond acceptors (Lipinski definition) is 4. The molecule has 1 aromatic rings. The molecule has 142 valence electrons. The second-order valence-corrected chi connectivity index (χ2v) is 7.31. The Morgan fingerprint density at radius 2 is 1.96 bits per heavy atom. The molecule has 1 N–H and O–H groups in total. The van der Waals surface area contributed by atoms with Crippen LogP contribution >= 0.6 is 0 Å². The van der Waals surface area contributed by atoms with E-state index in [0.29, 0.717) is 39.4 Å². The van der Waals surface area contributed by atoms with Gasteiger partial charge >= 0.3 is 0 Å². The van der Waals surface area contributed by atoms with Crippen LogP contribution in [0.5, 0.6) is 0 Å². The minimum atomic E-state index is -0.0156. The Morgan fingerprint density at radius 1 is 1.19 bits per heavy atom. The number of aryl methyl sites for hydroxylation is 1. The van der Waals surface area contributed by atoms with Crippen LogP contribution in [-0.2, 0) is 14.3 Å². The molecule has 2 amide bonds. The molecule has 1 aromatic carbocycles. The van der Waals surface area contributed by atoms with Crippen molar-refractivity contribution in [1.29, 1.82) is 0 Å². The van der Waals surface area contributed by atoms with Gasteiger partial charge in [-0.3, -0.25) is 14.5 Å². The number of nitrogens with one attached hydrogen (secondary N) is 1. The molecule has 2 aliphatic heterocycles. The number of amides is 2. The van der Waals surface area contributed by atoms with Crippen molar-refractivity contribution >= 4 is 17.5 Å². The molecule has 6 heteroatoms. The molecule has 0 spiro atoms. The van der Waals surface area contributed by atoms with Crippen LogP contribution in [0.15, 0.2) is 18.2 Å². The lowest BCUT2D eigenvalue weighted by Crippen LogP contribution is -2.49. The Labute approximate surface area is 155 Å². The zero-order valence-corrected chi connectivity index (χ0v) is 15.8. The Morgan fingerprint density at radius 3 is 2.73 bits per heavy atom. The van der Waals surface area contributed by atoms with E-state index in [2.05, 4.69) is 10.2 Å². The van der Waals surface area contributed by atoms with E-state index in [1.807, 2.05) is 36.9 Å². The number of anilines is 1. The first-order chi connectivity index (χ1) is 12.5. The zero-order chi connectivity index (χ0) is 18.5. The minimum absolute atomic E-state index is 0.00430. The van der Waals surface area contributed by atoms with Gasteiger partial charge in [0.2, 0.25) is 11.8 Å². The lowest BCUT2D eigenvalue weighted by atomic mass is 9.96. The molecule has 1 atom stereocenters. The Balaban J connectivity index is 1.53. The van der Waals surface area contributed by atoms with E-state index in [9.17, 15) is 9.59 Å². The molecule has 0 radical (unpaired) electrons. The molecule has 2 saturated heterocycles. The van der Waals surface area contributed by atoms with Crippen LogP contribution in [0.3, 0.4) is 0 Å². The maximum atomic E-state index is 12.7. The summed E-state index contributed by atoms with van der Waals surface area (Å²) >= 11 is 0. The molecular formula is C20H29N3O3. The van der Waals surface area contributed by atoms with Crippen molar-refractivity contribution in [3.63, 3.8) is 0 Å². The highest BCUT2D eigenvalue weighted by Gasteiger charge is 2.30. The van der Waals surface area contributed by atoms with Gasteiger partial charge in [-0.05, 0) is 50.4 Å². The Kier molecular flexibility index (Phi) is 6.27. The fraction of sp³-hybridized carbons (Fsp3) is 0.600. The van der Waals surface area contributed by atoms with Gasteiger partial charge in [0.15, 0.2) is 0 Å². The summed E-state index contributed by atoms with van der Waals surface area (Å²) in [6, 6.07) is 5.93. The molecule has 0 saturated carbocycles. The molecule has 6 nitrogen and oxygen atoms in total. The van der Waals surface area contributed by atoms with Gasteiger partial charge in [-0.2, -0.15) is 0 Å². The van der Waals surface area contributed by atoms with E-state index in [-0.39, 0.29) is 17.7 Å². The van der Waals surface area contributed by atoms with Crippen molar-refractivity contribution in [2.75, 3.05) is 51.3 Å². The molecule has 1 unspecified atom stereocenters. The summed E-state index contributed by atoms with van der Waals surface area (Å²) in [5.74, 6) is 0.196. The highest BCUT2D eigenvalue weighted by atomic mass is 16.5. The molecule has 2 fully saturated rings. The number of rotatable bonds is 4. The second-order valence-electron chi connectivity index (χ2n) is 7.31. The Bertz CT molecular complexity index is 656. The average Bonchev–Trinajstić information content (AvgIpc) is 2.66. The van der Waals surface area contributed by atoms with E-state index < -0.39 is 0 Å². The van der Waals surface area contributed by atoms with Crippen molar-refractivity contribution in [1.82, 2.24) is 9.80 Å². The lowest BCUT2D eigenvalue weighted by molar-refractivity contribution is -0.141. The molecule has 2 aliphatic rings. The van der Waals surface area contributed by atoms with Crippen LogP contribution in [0.25, 0.3) is 0 Å². The Hall–Kier alpha value is -1.92. The fourth-order valence-corrected chi connectivity index (χ4v) is 3.72. The van der Waals surface area contributed by atoms with Crippen molar-refractivity contribution in [2.45, 2.75) is 26.7 Å². The fourth-order valence-electron chi connectivity index (χ4n) is 3.72. The van der Waals surface area contributed by atoms with Crippen LogP contribution in [-0.4, -0.2) is 67.6 Å². The number of piperidine rings is 1. The van der Waals surface area contributed by atoms with E-state index in [0.717, 1.165) is 36.2 Å². The van der Waals surface area contributed by atoms with Crippen LogP contribution in [0, 0.1) is 19.8 Å². The molecule has 3 rings (SSSR count). The normalized spacial score (nSPS) is 21.5. The summed E-state index contributed by atoms with van der Waals surface area (Å²) < 4.78 is 5.33. The second kappa shape index (κ2) is 8.64. The highest BCUT2D eigenvalue weighted by molar-refractivity contribution is 5.93. The van der Waals surface area contributed by atoms with E-state index >= 15 is 0 Å². The molecule has 0 aromatic heterocycles. The van der Waals surface area contributed by atoms with Crippen LogP contribution in [0.1, 0.15) is 24.0 Å². The van der Waals surface area contributed by atoms with E-state index in [4.69, 9.17) is 4.74 Å². The van der Waals surface area contributed by atoms with Gasteiger partial charge in [-0.15, -0.1) is 0 Å². The van der Waals surface area contributed by atoms with Gasteiger partial charge in [0.05, 0.1) is 25.7 Å². The minimum Gasteiger partial charge on any atom is -0.378 e. The first kappa shape index (κ1) is 18.9. The summed E-state index contributed by atoms with van der Waals surface area (Å²) in [7, 11) is 0. The smallest absolute Gasteiger partial charge is 0.238 e. The lowest BCUT2D eigenvalue weighted by Gasteiger charge is -2.35. The third-order valence-corrected chi connectivity index (χ3v) is 5.42. The SMILES string of the molecule is Cc1cccc(NC(=O)CN2CCCC(C(=O)N3CCOCC3)C2)c1C. The number of morpholine rings is 1. The number of carbonyl (C=O) groups is 2. The van der Waals surface area contributed by atoms with Crippen LogP contribution < -0.4 is 5.32 Å². The number of benzene rings is 1. The van der Waals surface area contributed by atoms with Crippen molar-refractivity contribution in [2.24, 2.45) is 5.92 Å². The standard InChI is InChI=1S/C20H29N3O3/c1-15-5-3-7-18(16(15)2)21-19(24)14-22-8-4-6-17(13-22)20(25)23-9-11-26-12-10-23/h3,5,7,17H,4,6,8-14H2,1-2H3,(H,21,24). The molecule has 0 bridgehead atoms. The third kappa shape index (κ3) is 4.62. The first-order valence-corrected chi connectivity index (χ1v) is 9.49. The number of likely N-dealkylation sites (tertiary alicyclic amines) is 1. The molecule has 2 heterocycles. The predicted octanol–water partition coefficient (Wildman–Crippen LogP) is 1.81. The quantitative estimate of drug-likeness (QED) is 0.891. The van der Waals surface area contributed by atoms with E-state index in [1.54, 1.807) is 0 Å².